The molecule has 2 amide bonds. The van der Waals surface area contributed by atoms with Gasteiger partial charge in [0.2, 0.25) is 11.8 Å². The van der Waals surface area contributed by atoms with E-state index in [0.717, 1.165) is 49.2 Å². The van der Waals surface area contributed by atoms with Crippen molar-refractivity contribution in [1.29, 1.82) is 0 Å². The third-order valence-corrected chi connectivity index (χ3v) is 6.19. The van der Waals surface area contributed by atoms with Gasteiger partial charge in [0, 0.05) is 43.9 Å². The molecule has 0 atom stereocenters. The van der Waals surface area contributed by atoms with Gasteiger partial charge in [-0.05, 0) is 32.9 Å². The second kappa shape index (κ2) is 8.50. The summed E-state index contributed by atoms with van der Waals surface area (Å²) in [5.74, 6) is 1.86. The maximum absolute atomic E-state index is 13.4. The maximum atomic E-state index is 13.4. The first-order valence-electron chi connectivity index (χ1n) is 11.2. The first-order valence-corrected chi connectivity index (χ1v) is 11.2. The summed E-state index contributed by atoms with van der Waals surface area (Å²) >= 11 is 0. The van der Waals surface area contributed by atoms with Crippen LogP contribution in [-0.2, 0) is 9.59 Å². The van der Waals surface area contributed by atoms with E-state index in [2.05, 4.69) is 33.9 Å². The van der Waals surface area contributed by atoms with Crippen molar-refractivity contribution in [2.45, 2.75) is 46.1 Å². The Kier molecular flexibility index (Phi) is 5.90. The molecule has 0 bridgehead atoms. The third kappa shape index (κ3) is 4.19. The Morgan fingerprint density at radius 2 is 1.81 bits per heavy atom. The molecule has 1 aromatic heterocycles. The van der Waals surface area contributed by atoms with Crippen molar-refractivity contribution in [2.24, 2.45) is 0 Å². The Morgan fingerprint density at radius 1 is 1.12 bits per heavy atom. The van der Waals surface area contributed by atoms with Crippen LogP contribution in [0.25, 0.3) is 0 Å². The van der Waals surface area contributed by atoms with Crippen molar-refractivity contribution in [3.05, 3.63) is 41.9 Å². The molecule has 1 saturated heterocycles. The van der Waals surface area contributed by atoms with Crippen LogP contribution < -0.4 is 15.1 Å². The molecule has 8 nitrogen and oxygen atoms in total. The molecule has 0 spiro atoms. The summed E-state index contributed by atoms with van der Waals surface area (Å²) < 4.78 is 0. The highest BCUT2D eigenvalue weighted by atomic mass is 16.2. The molecule has 2 aromatic rings. The van der Waals surface area contributed by atoms with Crippen LogP contribution in [0.15, 0.2) is 30.3 Å². The van der Waals surface area contributed by atoms with E-state index >= 15 is 0 Å². The number of hydrogen-bond acceptors (Lipinski definition) is 6. The molecule has 3 heterocycles. The van der Waals surface area contributed by atoms with Gasteiger partial charge in [-0.15, -0.1) is 0 Å². The number of nitrogens with zero attached hydrogens (tertiary/aromatic N) is 5. The van der Waals surface area contributed by atoms with E-state index in [0.29, 0.717) is 5.69 Å². The van der Waals surface area contributed by atoms with Gasteiger partial charge in [-0.2, -0.15) is 0 Å². The lowest BCUT2D eigenvalue weighted by molar-refractivity contribution is -0.127. The smallest absolute Gasteiger partial charge is 0.250 e. The summed E-state index contributed by atoms with van der Waals surface area (Å²) in [5, 5.41) is 2.91. The molecule has 0 radical (unpaired) electrons. The zero-order valence-corrected chi connectivity index (χ0v) is 19.6. The van der Waals surface area contributed by atoms with E-state index in [9.17, 15) is 9.59 Å². The van der Waals surface area contributed by atoms with Gasteiger partial charge in [0.25, 0.3) is 0 Å². The van der Waals surface area contributed by atoms with Gasteiger partial charge in [-0.1, -0.05) is 26.0 Å². The molecule has 4 rings (SSSR count). The van der Waals surface area contributed by atoms with Crippen LogP contribution in [-0.4, -0.2) is 64.9 Å². The highest BCUT2D eigenvalue weighted by Crippen LogP contribution is 2.36. The fourth-order valence-electron chi connectivity index (χ4n) is 4.29. The van der Waals surface area contributed by atoms with Crippen molar-refractivity contribution in [3.63, 3.8) is 0 Å². The van der Waals surface area contributed by atoms with Crippen molar-refractivity contribution in [1.82, 2.24) is 14.9 Å². The van der Waals surface area contributed by atoms with E-state index in [1.54, 1.807) is 18.7 Å². The molecule has 0 saturated carbocycles. The summed E-state index contributed by atoms with van der Waals surface area (Å²) in [6.45, 7) is 13.2. The number of fused-ring (bicyclic) bond motifs is 1. The molecule has 8 heteroatoms. The van der Waals surface area contributed by atoms with Crippen LogP contribution >= 0.6 is 0 Å². The monoisotopic (exact) mass is 436 g/mol. The number of hydrogen-bond donors (Lipinski definition) is 1. The quantitative estimate of drug-likeness (QED) is 0.794. The van der Waals surface area contributed by atoms with E-state index in [1.807, 2.05) is 37.3 Å². The zero-order valence-electron chi connectivity index (χ0n) is 19.6. The minimum absolute atomic E-state index is 0.0641. The summed E-state index contributed by atoms with van der Waals surface area (Å²) in [4.78, 5) is 41.4. The van der Waals surface area contributed by atoms with Crippen molar-refractivity contribution in [2.75, 3.05) is 47.8 Å². The van der Waals surface area contributed by atoms with Crippen LogP contribution in [0.5, 0.6) is 0 Å². The predicted molar refractivity (Wildman–Crippen MR) is 126 cm³/mol. The molecule has 0 unspecified atom stereocenters. The SMILES string of the molecule is Cc1cc(N2CCN(CC(=O)N3c4ccccc4NC(=O)C3(C)C)CC2)nc(C(C)C)n1. The lowest BCUT2D eigenvalue weighted by Gasteiger charge is -2.43. The first-order chi connectivity index (χ1) is 15.2. The number of para-hydroxylation sites is 2. The lowest BCUT2D eigenvalue weighted by Crippen LogP contribution is -2.61. The molecular formula is C24H32N6O2. The van der Waals surface area contributed by atoms with Crippen LogP contribution in [0.1, 0.15) is 45.1 Å². The Labute approximate surface area is 189 Å². The average Bonchev–Trinajstić information content (AvgIpc) is 2.74. The summed E-state index contributed by atoms with van der Waals surface area (Å²) in [6, 6.07) is 9.49. The number of benzene rings is 1. The van der Waals surface area contributed by atoms with Crippen LogP contribution in [0.3, 0.4) is 0 Å². The Hall–Kier alpha value is -3.00. The van der Waals surface area contributed by atoms with Crippen molar-refractivity contribution in [3.8, 4) is 0 Å². The summed E-state index contributed by atoms with van der Waals surface area (Å²) in [6.07, 6.45) is 0. The predicted octanol–water partition coefficient (Wildman–Crippen LogP) is 2.79. The number of amides is 2. The normalized spacial score (nSPS) is 18.5. The zero-order chi connectivity index (χ0) is 23.0. The Balaban J connectivity index is 1.45. The topological polar surface area (TPSA) is 81.7 Å². The van der Waals surface area contributed by atoms with Crippen molar-refractivity contribution < 1.29 is 9.59 Å². The third-order valence-electron chi connectivity index (χ3n) is 6.19. The number of nitrogens with one attached hydrogen (secondary N) is 1. The molecule has 1 fully saturated rings. The van der Waals surface area contributed by atoms with Gasteiger partial charge in [-0.25, -0.2) is 9.97 Å². The van der Waals surface area contributed by atoms with E-state index in [-0.39, 0.29) is 24.3 Å². The molecule has 1 N–H and O–H groups in total. The number of carbonyl (C=O) groups excluding carboxylic acids is 2. The second-order valence-corrected chi connectivity index (χ2v) is 9.40. The van der Waals surface area contributed by atoms with Crippen LogP contribution in [0, 0.1) is 6.92 Å². The molecule has 170 valence electrons. The lowest BCUT2D eigenvalue weighted by atomic mass is 9.96. The Morgan fingerprint density at radius 3 is 2.50 bits per heavy atom. The molecule has 2 aliphatic rings. The number of piperazine rings is 1. The fourth-order valence-corrected chi connectivity index (χ4v) is 4.29. The number of aryl methyl sites for hydroxylation is 1. The number of anilines is 3. The van der Waals surface area contributed by atoms with Crippen LogP contribution in [0.2, 0.25) is 0 Å². The summed E-state index contributed by atoms with van der Waals surface area (Å²) in [7, 11) is 0. The van der Waals surface area contributed by atoms with Crippen LogP contribution in [0.4, 0.5) is 17.2 Å². The molecule has 2 aliphatic heterocycles. The van der Waals surface area contributed by atoms with Crippen molar-refractivity contribution >= 4 is 29.0 Å². The van der Waals surface area contributed by atoms with Gasteiger partial charge < -0.3 is 10.2 Å². The maximum Gasteiger partial charge on any atom is 0.250 e. The number of rotatable bonds is 4. The van der Waals surface area contributed by atoms with Gasteiger partial charge in [-0.3, -0.25) is 19.4 Å². The number of carbonyl (C=O) groups is 2. The minimum Gasteiger partial charge on any atom is -0.354 e. The van der Waals surface area contributed by atoms with Gasteiger partial charge in [0.15, 0.2) is 0 Å². The molecule has 0 aliphatic carbocycles. The highest BCUT2D eigenvalue weighted by Gasteiger charge is 2.43. The first kappa shape index (κ1) is 22.2. The largest absolute Gasteiger partial charge is 0.354 e. The van der Waals surface area contributed by atoms with E-state index in [4.69, 9.17) is 4.98 Å². The standard InChI is InChI=1S/C24H32N6O2/c1-16(2)22-25-17(3)14-20(27-22)29-12-10-28(11-13-29)15-21(31)30-19-9-7-6-8-18(19)26-23(32)24(30,4)5/h6-9,14,16H,10-13,15H2,1-5H3,(H,26,32). The Bertz CT molecular complexity index is 1030. The van der Waals surface area contributed by atoms with E-state index in [1.165, 1.54) is 0 Å². The second-order valence-electron chi connectivity index (χ2n) is 9.40. The van der Waals surface area contributed by atoms with Gasteiger partial charge in [0.05, 0.1) is 17.9 Å². The summed E-state index contributed by atoms with van der Waals surface area (Å²) in [5.41, 5.74) is 1.45. The van der Waals surface area contributed by atoms with Gasteiger partial charge >= 0.3 is 0 Å². The average molecular weight is 437 g/mol. The van der Waals surface area contributed by atoms with Gasteiger partial charge in [0.1, 0.15) is 17.2 Å². The van der Waals surface area contributed by atoms with E-state index < -0.39 is 5.54 Å². The highest BCUT2D eigenvalue weighted by molar-refractivity contribution is 6.14. The molecule has 32 heavy (non-hydrogen) atoms. The number of aromatic nitrogens is 2. The fraction of sp³-hybridized carbons (Fsp3) is 0.500. The minimum atomic E-state index is -0.945. The molecule has 1 aromatic carbocycles. The molecular weight excluding hydrogens is 404 g/mol.